The van der Waals surface area contributed by atoms with E-state index in [0.717, 1.165) is 11.1 Å². The normalized spacial score (nSPS) is 16.3. The second kappa shape index (κ2) is 6.39. The van der Waals surface area contributed by atoms with E-state index in [1.165, 1.54) is 38.2 Å². The second-order valence-electron chi connectivity index (χ2n) is 5.78. The van der Waals surface area contributed by atoms with E-state index in [0.29, 0.717) is 18.0 Å². The van der Waals surface area contributed by atoms with Gasteiger partial charge in [0.25, 0.3) is 0 Å². The SMILES string of the molecule is OCCc1ccc(-c2cnn(C3CCCCC3)c2)cc1F. The van der Waals surface area contributed by atoms with Gasteiger partial charge in [-0.25, -0.2) is 4.39 Å². The molecule has 0 aliphatic heterocycles. The molecule has 0 unspecified atom stereocenters. The van der Waals surface area contributed by atoms with Crippen LogP contribution in [-0.2, 0) is 6.42 Å². The maximum Gasteiger partial charge on any atom is 0.127 e. The second-order valence-corrected chi connectivity index (χ2v) is 5.78. The molecule has 3 rings (SSSR count). The van der Waals surface area contributed by atoms with E-state index in [4.69, 9.17) is 5.11 Å². The van der Waals surface area contributed by atoms with Gasteiger partial charge in [-0.2, -0.15) is 5.10 Å². The number of hydrogen-bond donors (Lipinski definition) is 1. The van der Waals surface area contributed by atoms with Crippen LogP contribution in [0.5, 0.6) is 0 Å². The zero-order chi connectivity index (χ0) is 14.7. The summed E-state index contributed by atoms with van der Waals surface area (Å²) in [5.41, 5.74) is 2.35. The number of aliphatic hydroxyl groups is 1. The molecule has 1 aromatic heterocycles. The van der Waals surface area contributed by atoms with Gasteiger partial charge in [0, 0.05) is 18.4 Å². The Bertz CT molecular complexity index is 603. The maximum atomic E-state index is 13.9. The molecule has 0 amide bonds. The lowest BCUT2D eigenvalue weighted by molar-refractivity contribution is 0.297. The minimum atomic E-state index is -0.257. The number of aliphatic hydroxyl groups excluding tert-OH is 1. The Morgan fingerprint density at radius 1 is 1.19 bits per heavy atom. The Kier molecular flexibility index (Phi) is 4.34. The van der Waals surface area contributed by atoms with Crippen molar-refractivity contribution in [2.75, 3.05) is 6.61 Å². The fraction of sp³-hybridized carbons (Fsp3) is 0.471. The van der Waals surface area contributed by atoms with Gasteiger partial charge in [0.05, 0.1) is 12.2 Å². The lowest BCUT2D eigenvalue weighted by Crippen LogP contribution is -2.12. The number of halogens is 1. The van der Waals surface area contributed by atoms with Gasteiger partial charge < -0.3 is 5.11 Å². The summed E-state index contributed by atoms with van der Waals surface area (Å²) in [4.78, 5) is 0. The standard InChI is InChI=1S/C17H21FN2O/c18-17-10-14(7-6-13(17)8-9-21)15-11-19-20(12-15)16-4-2-1-3-5-16/h6-7,10-12,16,21H,1-5,8-9H2. The highest BCUT2D eigenvalue weighted by atomic mass is 19.1. The lowest BCUT2D eigenvalue weighted by Gasteiger charge is -2.21. The largest absolute Gasteiger partial charge is 0.396 e. The summed E-state index contributed by atoms with van der Waals surface area (Å²) < 4.78 is 16.0. The van der Waals surface area contributed by atoms with E-state index in [1.54, 1.807) is 6.07 Å². The number of hydrogen-bond acceptors (Lipinski definition) is 2. The Hall–Kier alpha value is -1.68. The number of benzene rings is 1. The molecule has 0 spiro atoms. The summed E-state index contributed by atoms with van der Waals surface area (Å²) in [5, 5.41) is 13.4. The summed E-state index contributed by atoms with van der Waals surface area (Å²) in [6, 6.07) is 5.67. The number of rotatable bonds is 4. The van der Waals surface area contributed by atoms with Crippen molar-refractivity contribution in [1.29, 1.82) is 0 Å². The van der Waals surface area contributed by atoms with Gasteiger partial charge in [-0.1, -0.05) is 31.4 Å². The zero-order valence-electron chi connectivity index (χ0n) is 12.1. The highest BCUT2D eigenvalue weighted by molar-refractivity contribution is 5.62. The summed E-state index contributed by atoms with van der Waals surface area (Å²) in [6.45, 7) is -0.0319. The van der Waals surface area contributed by atoms with Crippen LogP contribution in [0.4, 0.5) is 4.39 Å². The van der Waals surface area contributed by atoms with Crippen molar-refractivity contribution in [2.45, 2.75) is 44.6 Å². The molecule has 0 saturated heterocycles. The van der Waals surface area contributed by atoms with Crippen molar-refractivity contribution < 1.29 is 9.50 Å². The summed E-state index contributed by atoms with van der Waals surface area (Å²) in [5.74, 6) is -0.257. The molecule has 2 aromatic rings. The third kappa shape index (κ3) is 3.16. The smallest absolute Gasteiger partial charge is 0.127 e. The Morgan fingerprint density at radius 2 is 2.00 bits per heavy atom. The van der Waals surface area contributed by atoms with Crippen molar-refractivity contribution in [3.05, 3.63) is 42.0 Å². The summed E-state index contributed by atoms with van der Waals surface area (Å²) in [7, 11) is 0. The molecular formula is C17H21FN2O. The monoisotopic (exact) mass is 288 g/mol. The van der Waals surface area contributed by atoms with Crippen LogP contribution >= 0.6 is 0 Å². The van der Waals surface area contributed by atoms with Crippen LogP contribution in [0.2, 0.25) is 0 Å². The topological polar surface area (TPSA) is 38.1 Å². The van der Waals surface area contributed by atoms with E-state index in [1.807, 2.05) is 23.1 Å². The average Bonchev–Trinajstić information content (AvgIpc) is 3.00. The molecular weight excluding hydrogens is 267 g/mol. The van der Waals surface area contributed by atoms with Gasteiger partial charge in [-0.3, -0.25) is 4.68 Å². The van der Waals surface area contributed by atoms with E-state index >= 15 is 0 Å². The predicted molar refractivity (Wildman–Crippen MR) is 80.5 cm³/mol. The van der Waals surface area contributed by atoms with Crippen molar-refractivity contribution >= 4 is 0 Å². The van der Waals surface area contributed by atoms with Gasteiger partial charge in [0.15, 0.2) is 0 Å². The first kappa shape index (κ1) is 14.3. The minimum absolute atomic E-state index is 0.0319. The van der Waals surface area contributed by atoms with Crippen molar-refractivity contribution in [3.8, 4) is 11.1 Å². The molecule has 1 aliphatic rings. The number of aromatic nitrogens is 2. The molecule has 3 nitrogen and oxygen atoms in total. The first-order valence-corrected chi connectivity index (χ1v) is 7.72. The van der Waals surface area contributed by atoms with E-state index in [-0.39, 0.29) is 12.4 Å². The fourth-order valence-electron chi connectivity index (χ4n) is 3.08. The van der Waals surface area contributed by atoms with Gasteiger partial charge in [-0.05, 0) is 36.5 Å². The van der Waals surface area contributed by atoms with Crippen LogP contribution in [0, 0.1) is 5.82 Å². The quantitative estimate of drug-likeness (QED) is 0.931. The summed E-state index contributed by atoms with van der Waals surface area (Å²) in [6.07, 6.45) is 10.4. The third-order valence-corrected chi connectivity index (χ3v) is 4.32. The van der Waals surface area contributed by atoms with Gasteiger partial charge in [0.1, 0.15) is 5.82 Å². The molecule has 1 aromatic carbocycles. The Balaban J connectivity index is 1.80. The van der Waals surface area contributed by atoms with Crippen LogP contribution in [0.25, 0.3) is 11.1 Å². The van der Waals surface area contributed by atoms with Crippen LogP contribution < -0.4 is 0 Å². The molecule has 0 radical (unpaired) electrons. The molecule has 112 valence electrons. The van der Waals surface area contributed by atoms with Gasteiger partial charge >= 0.3 is 0 Å². The van der Waals surface area contributed by atoms with E-state index < -0.39 is 0 Å². The van der Waals surface area contributed by atoms with Gasteiger partial charge in [0.2, 0.25) is 0 Å². The van der Waals surface area contributed by atoms with Crippen LogP contribution in [0.3, 0.4) is 0 Å². The molecule has 1 N–H and O–H groups in total. The molecule has 1 heterocycles. The first-order valence-electron chi connectivity index (χ1n) is 7.72. The van der Waals surface area contributed by atoms with Crippen molar-refractivity contribution in [2.24, 2.45) is 0 Å². The van der Waals surface area contributed by atoms with E-state index in [9.17, 15) is 4.39 Å². The predicted octanol–water partition coefficient (Wildman–Crippen LogP) is 3.73. The highest BCUT2D eigenvalue weighted by Gasteiger charge is 2.16. The lowest BCUT2D eigenvalue weighted by atomic mass is 9.96. The van der Waals surface area contributed by atoms with Crippen LogP contribution in [-0.4, -0.2) is 21.5 Å². The molecule has 0 bridgehead atoms. The highest BCUT2D eigenvalue weighted by Crippen LogP contribution is 2.29. The van der Waals surface area contributed by atoms with Crippen molar-refractivity contribution in [1.82, 2.24) is 9.78 Å². The van der Waals surface area contributed by atoms with Crippen LogP contribution in [0.1, 0.15) is 43.7 Å². The summed E-state index contributed by atoms with van der Waals surface area (Å²) >= 11 is 0. The zero-order valence-corrected chi connectivity index (χ0v) is 12.1. The Labute approximate surface area is 124 Å². The van der Waals surface area contributed by atoms with Crippen molar-refractivity contribution in [3.63, 3.8) is 0 Å². The fourth-order valence-corrected chi connectivity index (χ4v) is 3.08. The molecule has 0 atom stereocenters. The molecule has 1 fully saturated rings. The van der Waals surface area contributed by atoms with E-state index in [2.05, 4.69) is 5.10 Å². The van der Waals surface area contributed by atoms with Crippen LogP contribution in [0.15, 0.2) is 30.6 Å². The molecule has 21 heavy (non-hydrogen) atoms. The maximum absolute atomic E-state index is 13.9. The molecule has 1 aliphatic carbocycles. The molecule has 4 heteroatoms. The number of nitrogens with zero attached hydrogens (tertiary/aromatic N) is 2. The first-order chi connectivity index (χ1) is 10.3. The van der Waals surface area contributed by atoms with Gasteiger partial charge in [-0.15, -0.1) is 0 Å². The minimum Gasteiger partial charge on any atom is -0.396 e. The average molecular weight is 288 g/mol. The molecule has 1 saturated carbocycles. The Morgan fingerprint density at radius 3 is 2.71 bits per heavy atom. The third-order valence-electron chi connectivity index (χ3n) is 4.32.